The summed E-state index contributed by atoms with van der Waals surface area (Å²) in [6.07, 6.45) is 0. The molecule has 0 aromatic heterocycles. The van der Waals surface area contributed by atoms with Crippen molar-refractivity contribution < 1.29 is 33.6 Å². The van der Waals surface area contributed by atoms with Crippen LogP contribution in [0.15, 0.2) is 30.3 Å². The fourth-order valence-corrected chi connectivity index (χ4v) is 2.84. The minimum absolute atomic E-state index is 0.104. The Labute approximate surface area is 151 Å². The van der Waals surface area contributed by atoms with Crippen LogP contribution in [0.3, 0.4) is 0 Å². The Kier molecular flexibility index (Phi) is 5.06. The van der Waals surface area contributed by atoms with E-state index in [0.717, 1.165) is 11.1 Å². The summed E-state index contributed by atoms with van der Waals surface area (Å²) in [5.41, 5.74) is 1.75. The lowest BCUT2D eigenvalue weighted by Gasteiger charge is -2.19. The summed E-state index contributed by atoms with van der Waals surface area (Å²) in [5, 5.41) is 8.93. The molecule has 0 fully saturated rings. The summed E-state index contributed by atoms with van der Waals surface area (Å²) >= 11 is 0. The second kappa shape index (κ2) is 7.43. The van der Waals surface area contributed by atoms with Gasteiger partial charge in [0, 0.05) is 17.5 Å². The Bertz CT molecular complexity index is 816. The predicted octanol–water partition coefficient (Wildman–Crippen LogP) is 3.05. The lowest BCUT2D eigenvalue weighted by atomic mass is 9.91. The Morgan fingerprint density at radius 1 is 1.08 bits per heavy atom. The van der Waals surface area contributed by atoms with Crippen LogP contribution in [0.1, 0.15) is 24.0 Å². The minimum atomic E-state index is -1.05. The SMILES string of the molecule is COc1ccc([C@@H](C)c2cc3c(cc2OCC(=O)O)OCO3)cc1OC. The molecule has 3 rings (SSSR count). The molecule has 0 unspecified atom stereocenters. The van der Waals surface area contributed by atoms with E-state index in [1.807, 2.05) is 31.2 Å². The number of carboxylic acid groups (broad SMARTS) is 1. The number of fused-ring (bicyclic) bond motifs is 1. The monoisotopic (exact) mass is 360 g/mol. The van der Waals surface area contributed by atoms with Crippen LogP contribution in [0.5, 0.6) is 28.7 Å². The van der Waals surface area contributed by atoms with E-state index < -0.39 is 12.6 Å². The Balaban J connectivity index is 2.00. The van der Waals surface area contributed by atoms with E-state index in [4.69, 9.17) is 28.8 Å². The number of carboxylic acids is 1. The van der Waals surface area contributed by atoms with E-state index in [0.29, 0.717) is 28.7 Å². The standard InChI is InChI=1S/C19H20O7/c1-11(12-4-5-14(22-2)16(6-12)23-3)13-7-17-18(26-10-25-17)8-15(13)24-9-19(20)21/h4-8,11H,9-10H2,1-3H3,(H,20,21)/t11-/m1/s1. The molecule has 2 aromatic rings. The van der Waals surface area contributed by atoms with Gasteiger partial charge in [0.1, 0.15) is 5.75 Å². The average molecular weight is 360 g/mol. The molecule has 1 atom stereocenters. The number of hydrogen-bond donors (Lipinski definition) is 1. The largest absolute Gasteiger partial charge is 0.493 e. The van der Waals surface area contributed by atoms with Crippen molar-refractivity contribution in [3.63, 3.8) is 0 Å². The zero-order valence-electron chi connectivity index (χ0n) is 14.8. The number of rotatable bonds is 7. The topological polar surface area (TPSA) is 83.5 Å². The first-order valence-corrected chi connectivity index (χ1v) is 8.03. The third-order valence-corrected chi connectivity index (χ3v) is 4.23. The van der Waals surface area contributed by atoms with E-state index in [-0.39, 0.29) is 12.7 Å². The molecule has 1 aliphatic heterocycles. The van der Waals surface area contributed by atoms with Crippen LogP contribution in [0.25, 0.3) is 0 Å². The number of ether oxygens (including phenoxy) is 5. The quantitative estimate of drug-likeness (QED) is 0.812. The van der Waals surface area contributed by atoms with Gasteiger partial charge >= 0.3 is 5.97 Å². The number of aliphatic carboxylic acids is 1. The molecule has 0 radical (unpaired) electrons. The molecular formula is C19H20O7. The summed E-state index contributed by atoms with van der Waals surface area (Å²) in [7, 11) is 3.16. The molecular weight excluding hydrogens is 340 g/mol. The van der Waals surface area contributed by atoms with Gasteiger partial charge in [0.2, 0.25) is 6.79 Å². The van der Waals surface area contributed by atoms with Crippen LogP contribution in [-0.4, -0.2) is 38.7 Å². The van der Waals surface area contributed by atoms with Crippen LogP contribution in [0, 0.1) is 0 Å². The molecule has 2 aromatic carbocycles. The molecule has 0 amide bonds. The summed E-state index contributed by atoms with van der Waals surface area (Å²) < 4.78 is 26.9. The highest BCUT2D eigenvalue weighted by molar-refractivity contribution is 5.69. The fraction of sp³-hybridized carbons (Fsp3) is 0.316. The highest BCUT2D eigenvalue weighted by Crippen LogP contribution is 2.43. The van der Waals surface area contributed by atoms with Crippen molar-refractivity contribution in [2.75, 3.05) is 27.6 Å². The summed E-state index contributed by atoms with van der Waals surface area (Å²) in [6, 6.07) is 9.13. The number of hydrogen-bond acceptors (Lipinski definition) is 6. The fourth-order valence-electron chi connectivity index (χ4n) is 2.84. The normalized spacial score (nSPS) is 13.2. The molecule has 1 heterocycles. The lowest BCUT2D eigenvalue weighted by molar-refractivity contribution is -0.139. The molecule has 0 saturated heterocycles. The number of benzene rings is 2. The van der Waals surface area contributed by atoms with Gasteiger partial charge in [0.05, 0.1) is 14.2 Å². The van der Waals surface area contributed by atoms with Crippen molar-refractivity contribution in [1.82, 2.24) is 0 Å². The van der Waals surface area contributed by atoms with Gasteiger partial charge in [-0.1, -0.05) is 13.0 Å². The maximum Gasteiger partial charge on any atom is 0.341 e. The Morgan fingerprint density at radius 2 is 1.77 bits per heavy atom. The van der Waals surface area contributed by atoms with Gasteiger partial charge < -0.3 is 28.8 Å². The van der Waals surface area contributed by atoms with Gasteiger partial charge in [-0.25, -0.2) is 4.79 Å². The molecule has 0 saturated carbocycles. The molecule has 1 N–H and O–H groups in total. The van der Waals surface area contributed by atoms with Crippen LogP contribution < -0.4 is 23.7 Å². The van der Waals surface area contributed by atoms with Crippen molar-refractivity contribution >= 4 is 5.97 Å². The van der Waals surface area contributed by atoms with Crippen LogP contribution in [0.2, 0.25) is 0 Å². The maximum atomic E-state index is 10.9. The summed E-state index contributed by atoms with van der Waals surface area (Å²) in [4.78, 5) is 10.9. The van der Waals surface area contributed by atoms with Gasteiger partial charge in [-0.2, -0.15) is 0 Å². The van der Waals surface area contributed by atoms with Crippen molar-refractivity contribution in [2.24, 2.45) is 0 Å². The average Bonchev–Trinajstić information content (AvgIpc) is 3.11. The van der Waals surface area contributed by atoms with E-state index >= 15 is 0 Å². The second-order valence-corrected chi connectivity index (χ2v) is 5.76. The Morgan fingerprint density at radius 3 is 2.42 bits per heavy atom. The highest BCUT2D eigenvalue weighted by Gasteiger charge is 2.23. The van der Waals surface area contributed by atoms with Crippen molar-refractivity contribution in [3.05, 3.63) is 41.5 Å². The van der Waals surface area contributed by atoms with Crippen LogP contribution in [-0.2, 0) is 4.79 Å². The third kappa shape index (κ3) is 3.46. The van der Waals surface area contributed by atoms with E-state index in [1.54, 1.807) is 20.3 Å². The van der Waals surface area contributed by atoms with Gasteiger partial charge in [0.25, 0.3) is 0 Å². The van der Waals surface area contributed by atoms with Gasteiger partial charge in [-0.05, 0) is 23.8 Å². The molecule has 7 heteroatoms. The van der Waals surface area contributed by atoms with E-state index in [9.17, 15) is 4.79 Å². The van der Waals surface area contributed by atoms with Gasteiger partial charge in [-0.15, -0.1) is 0 Å². The number of methoxy groups -OCH3 is 2. The van der Waals surface area contributed by atoms with Crippen molar-refractivity contribution in [2.45, 2.75) is 12.8 Å². The first-order valence-electron chi connectivity index (χ1n) is 8.03. The van der Waals surface area contributed by atoms with Crippen LogP contribution in [0.4, 0.5) is 0 Å². The van der Waals surface area contributed by atoms with E-state index in [1.165, 1.54) is 0 Å². The number of carbonyl (C=O) groups is 1. The molecule has 0 spiro atoms. The first-order chi connectivity index (χ1) is 12.5. The molecule has 26 heavy (non-hydrogen) atoms. The molecule has 7 nitrogen and oxygen atoms in total. The van der Waals surface area contributed by atoms with Gasteiger partial charge in [-0.3, -0.25) is 0 Å². The second-order valence-electron chi connectivity index (χ2n) is 5.76. The van der Waals surface area contributed by atoms with Crippen molar-refractivity contribution in [1.29, 1.82) is 0 Å². The lowest BCUT2D eigenvalue weighted by Crippen LogP contribution is -2.11. The predicted molar refractivity (Wildman–Crippen MR) is 92.8 cm³/mol. The Hall–Kier alpha value is -3.09. The molecule has 1 aliphatic rings. The molecule has 0 bridgehead atoms. The zero-order chi connectivity index (χ0) is 18.7. The highest BCUT2D eigenvalue weighted by atomic mass is 16.7. The zero-order valence-corrected chi connectivity index (χ0v) is 14.8. The molecule has 138 valence electrons. The maximum absolute atomic E-state index is 10.9. The third-order valence-electron chi connectivity index (χ3n) is 4.23. The first kappa shape index (κ1) is 17.7. The smallest absolute Gasteiger partial charge is 0.341 e. The van der Waals surface area contributed by atoms with E-state index in [2.05, 4.69) is 0 Å². The summed E-state index contributed by atoms with van der Waals surface area (Å²) in [5.74, 6) is 1.69. The van der Waals surface area contributed by atoms with Crippen LogP contribution >= 0.6 is 0 Å². The van der Waals surface area contributed by atoms with Gasteiger partial charge in [0.15, 0.2) is 29.6 Å². The molecule has 0 aliphatic carbocycles. The van der Waals surface area contributed by atoms with Crippen molar-refractivity contribution in [3.8, 4) is 28.7 Å². The summed E-state index contributed by atoms with van der Waals surface area (Å²) in [6.45, 7) is 1.68. The minimum Gasteiger partial charge on any atom is -0.493 e.